The van der Waals surface area contributed by atoms with Gasteiger partial charge in [-0.15, -0.1) is 0 Å². The number of carbonyl (C=O) groups excluding carboxylic acids is 1. The molecule has 1 saturated heterocycles. The van der Waals surface area contributed by atoms with E-state index in [4.69, 9.17) is 4.74 Å². The van der Waals surface area contributed by atoms with Crippen LogP contribution in [0.3, 0.4) is 0 Å². The second-order valence-corrected chi connectivity index (χ2v) is 9.24. The van der Waals surface area contributed by atoms with Gasteiger partial charge in [0.25, 0.3) is 5.91 Å². The van der Waals surface area contributed by atoms with Crippen molar-refractivity contribution in [1.29, 1.82) is 0 Å². The van der Waals surface area contributed by atoms with E-state index in [1.165, 1.54) is 11.4 Å². The molecule has 0 aromatic heterocycles. The molecule has 1 amide bonds. The van der Waals surface area contributed by atoms with Crippen LogP contribution in [0.4, 0.5) is 11.4 Å². The first-order valence-electron chi connectivity index (χ1n) is 11.8. The van der Waals surface area contributed by atoms with Gasteiger partial charge in [0, 0.05) is 43.5 Å². The Morgan fingerprint density at radius 3 is 2.58 bits per heavy atom. The van der Waals surface area contributed by atoms with Crippen LogP contribution < -0.4 is 15.0 Å². The van der Waals surface area contributed by atoms with Gasteiger partial charge >= 0.3 is 0 Å². The van der Waals surface area contributed by atoms with Crippen LogP contribution >= 0.6 is 0 Å². The first kappa shape index (κ1) is 23.2. The Kier molecular flexibility index (Phi) is 6.66. The number of hydrogen-bond donors (Lipinski definition) is 1. The predicted octanol–water partition coefficient (Wildman–Crippen LogP) is 4.59. The monoisotopic (exact) mass is 448 g/mol. The molecule has 1 spiro atoms. The van der Waals surface area contributed by atoms with Crippen molar-refractivity contribution in [3.63, 3.8) is 0 Å². The van der Waals surface area contributed by atoms with Gasteiger partial charge in [0.15, 0.2) is 0 Å². The summed E-state index contributed by atoms with van der Waals surface area (Å²) in [5.74, 6) is 0.972. The van der Waals surface area contributed by atoms with Crippen LogP contribution in [0, 0.1) is 0 Å². The molecule has 33 heavy (non-hydrogen) atoms. The SMILES string of the molecule is C/C=C1\N(CC)c2ccc(OC)cc2NC12CCN(C(=O)c1cccc(CN(C)C)c1)CC2. The number of nitrogens with zero attached hydrogens (tertiary/aromatic N) is 3. The maximum absolute atomic E-state index is 13.3. The number of allylic oxidation sites excluding steroid dienone is 1. The van der Waals surface area contributed by atoms with Crippen molar-refractivity contribution in [2.24, 2.45) is 0 Å². The summed E-state index contributed by atoms with van der Waals surface area (Å²) < 4.78 is 5.48. The van der Waals surface area contributed by atoms with E-state index in [2.05, 4.69) is 53.2 Å². The summed E-state index contributed by atoms with van der Waals surface area (Å²) in [5.41, 5.74) is 5.31. The summed E-state index contributed by atoms with van der Waals surface area (Å²) in [5, 5.41) is 3.85. The molecule has 176 valence electrons. The minimum absolute atomic E-state index is 0.123. The number of rotatable bonds is 5. The number of fused-ring (bicyclic) bond motifs is 1. The highest BCUT2D eigenvalue weighted by Gasteiger charge is 2.44. The van der Waals surface area contributed by atoms with E-state index < -0.39 is 0 Å². The van der Waals surface area contributed by atoms with Gasteiger partial charge in [0.05, 0.1) is 24.0 Å². The molecule has 2 aromatic carbocycles. The average Bonchev–Trinajstić information content (AvgIpc) is 2.82. The topological polar surface area (TPSA) is 48.1 Å². The summed E-state index contributed by atoms with van der Waals surface area (Å²) in [6.45, 7) is 7.47. The number of ether oxygens (including phenoxy) is 1. The number of amides is 1. The molecule has 0 unspecified atom stereocenters. The second-order valence-electron chi connectivity index (χ2n) is 9.24. The Morgan fingerprint density at radius 1 is 1.18 bits per heavy atom. The first-order valence-corrected chi connectivity index (χ1v) is 11.8. The molecule has 1 fully saturated rings. The lowest BCUT2D eigenvalue weighted by atomic mass is 9.80. The van der Waals surface area contributed by atoms with Gasteiger partial charge in [-0.05, 0) is 70.6 Å². The molecule has 6 nitrogen and oxygen atoms in total. The van der Waals surface area contributed by atoms with Gasteiger partial charge in [0.2, 0.25) is 0 Å². The van der Waals surface area contributed by atoms with Gasteiger partial charge in [-0.25, -0.2) is 0 Å². The summed E-state index contributed by atoms with van der Waals surface area (Å²) in [7, 11) is 5.79. The Hall–Kier alpha value is -2.99. The molecule has 0 bridgehead atoms. The van der Waals surface area contributed by atoms with E-state index in [-0.39, 0.29) is 11.4 Å². The molecule has 0 atom stereocenters. The standard InChI is InChI=1S/C27H36N4O2/c1-6-25-27(28-23-18-22(33-5)11-12-24(23)31(25)7-2)13-15-30(16-14-27)26(32)21-10-8-9-20(17-21)19-29(3)4/h6,8-12,17-18,28H,7,13-16,19H2,1-5H3/b25-6-. The minimum Gasteiger partial charge on any atom is -0.497 e. The first-order chi connectivity index (χ1) is 15.9. The Morgan fingerprint density at radius 2 is 1.94 bits per heavy atom. The van der Waals surface area contributed by atoms with Crippen LogP contribution in [0.5, 0.6) is 5.75 Å². The molecule has 0 aliphatic carbocycles. The summed E-state index contributed by atoms with van der Waals surface area (Å²) >= 11 is 0. The number of methoxy groups -OCH3 is 1. The van der Waals surface area contributed by atoms with Crippen molar-refractivity contribution in [3.05, 3.63) is 65.4 Å². The average molecular weight is 449 g/mol. The molecule has 4 rings (SSSR count). The number of likely N-dealkylation sites (N-methyl/N-ethyl adjacent to an activating group) is 1. The largest absolute Gasteiger partial charge is 0.497 e. The van der Waals surface area contributed by atoms with E-state index in [0.717, 1.165) is 61.6 Å². The Bertz CT molecular complexity index is 1040. The number of piperidine rings is 1. The molecule has 6 heteroatoms. The minimum atomic E-state index is -0.187. The number of carbonyl (C=O) groups is 1. The zero-order valence-corrected chi connectivity index (χ0v) is 20.5. The van der Waals surface area contributed by atoms with E-state index >= 15 is 0 Å². The van der Waals surface area contributed by atoms with Crippen molar-refractivity contribution in [3.8, 4) is 5.75 Å². The predicted molar refractivity (Wildman–Crippen MR) is 135 cm³/mol. The van der Waals surface area contributed by atoms with Crippen molar-refractivity contribution in [1.82, 2.24) is 9.80 Å². The van der Waals surface area contributed by atoms with E-state index in [1.54, 1.807) is 7.11 Å². The molecule has 0 radical (unpaired) electrons. The molecule has 2 aliphatic heterocycles. The highest BCUT2D eigenvalue weighted by atomic mass is 16.5. The number of hydrogen-bond acceptors (Lipinski definition) is 5. The highest BCUT2D eigenvalue weighted by Crippen LogP contribution is 2.46. The number of nitrogens with one attached hydrogen (secondary N) is 1. The summed E-state index contributed by atoms with van der Waals surface area (Å²) in [4.78, 5) is 19.8. The fourth-order valence-electron chi connectivity index (χ4n) is 5.28. The van der Waals surface area contributed by atoms with Gasteiger partial charge in [-0.3, -0.25) is 4.79 Å². The van der Waals surface area contributed by atoms with Crippen molar-refractivity contribution in [2.45, 2.75) is 38.8 Å². The van der Waals surface area contributed by atoms with Crippen LogP contribution in [-0.2, 0) is 6.54 Å². The van der Waals surface area contributed by atoms with Crippen LogP contribution in [-0.4, -0.2) is 62.1 Å². The molecule has 2 aliphatic rings. The molecular weight excluding hydrogens is 412 g/mol. The zero-order valence-electron chi connectivity index (χ0n) is 20.5. The fraction of sp³-hybridized carbons (Fsp3) is 0.444. The Balaban J connectivity index is 1.55. The summed E-state index contributed by atoms with van der Waals surface area (Å²) in [6, 6.07) is 14.3. The summed E-state index contributed by atoms with van der Waals surface area (Å²) in [6.07, 6.45) is 3.96. The van der Waals surface area contributed by atoms with Gasteiger partial charge in [-0.1, -0.05) is 18.2 Å². The van der Waals surface area contributed by atoms with E-state index in [0.29, 0.717) is 0 Å². The van der Waals surface area contributed by atoms with Crippen molar-refractivity contribution >= 4 is 17.3 Å². The number of anilines is 2. The van der Waals surface area contributed by atoms with E-state index in [1.807, 2.05) is 43.3 Å². The molecule has 0 saturated carbocycles. The second kappa shape index (κ2) is 9.48. The molecule has 2 aromatic rings. The van der Waals surface area contributed by atoms with Gasteiger partial charge < -0.3 is 24.8 Å². The van der Waals surface area contributed by atoms with Gasteiger partial charge in [-0.2, -0.15) is 0 Å². The number of likely N-dealkylation sites (tertiary alicyclic amines) is 1. The molecular formula is C27H36N4O2. The smallest absolute Gasteiger partial charge is 0.253 e. The third-order valence-electron chi connectivity index (χ3n) is 6.82. The van der Waals surface area contributed by atoms with Crippen LogP contribution in [0.1, 0.15) is 42.6 Å². The maximum Gasteiger partial charge on any atom is 0.253 e. The highest BCUT2D eigenvalue weighted by molar-refractivity contribution is 5.94. The lowest BCUT2D eigenvalue weighted by Crippen LogP contribution is -2.57. The van der Waals surface area contributed by atoms with Crippen molar-refractivity contribution < 1.29 is 9.53 Å². The third kappa shape index (κ3) is 4.44. The van der Waals surface area contributed by atoms with Crippen LogP contribution in [0.15, 0.2) is 54.2 Å². The number of benzene rings is 2. The quantitative estimate of drug-likeness (QED) is 0.725. The normalized spacial score (nSPS) is 18.4. The van der Waals surface area contributed by atoms with Crippen LogP contribution in [0.2, 0.25) is 0 Å². The van der Waals surface area contributed by atoms with Crippen LogP contribution in [0.25, 0.3) is 0 Å². The zero-order chi connectivity index (χ0) is 23.6. The lowest BCUT2D eigenvalue weighted by Gasteiger charge is -2.51. The fourth-order valence-corrected chi connectivity index (χ4v) is 5.28. The third-order valence-corrected chi connectivity index (χ3v) is 6.82. The van der Waals surface area contributed by atoms with Gasteiger partial charge in [0.1, 0.15) is 5.75 Å². The Labute approximate surface area is 197 Å². The lowest BCUT2D eigenvalue weighted by molar-refractivity contribution is 0.0694. The maximum atomic E-state index is 13.3. The molecule has 1 N–H and O–H groups in total. The van der Waals surface area contributed by atoms with Crippen molar-refractivity contribution in [2.75, 3.05) is 51.1 Å². The van der Waals surface area contributed by atoms with E-state index in [9.17, 15) is 4.79 Å². The molecule has 2 heterocycles.